The molecule has 1 saturated heterocycles. The smallest absolute Gasteiger partial charge is 0.224 e. The maximum Gasteiger partial charge on any atom is 0.224 e. The van der Waals surface area contributed by atoms with E-state index < -0.39 is 0 Å². The van der Waals surface area contributed by atoms with Crippen LogP contribution in [0.1, 0.15) is 19.3 Å². The molecule has 7 nitrogen and oxygen atoms in total. The molecule has 7 heteroatoms. The summed E-state index contributed by atoms with van der Waals surface area (Å²) >= 11 is 0. The van der Waals surface area contributed by atoms with Gasteiger partial charge in [-0.3, -0.25) is 14.6 Å². The van der Waals surface area contributed by atoms with Gasteiger partial charge < -0.3 is 20.1 Å². The van der Waals surface area contributed by atoms with Crippen molar-refractivity contribution < 1.29 is 9.59 Å². The largest absolute Gasteiger partial charge is 0.346 e. The highest BCUT2D eigenvalue weighted by Gasteiger charge is 2.23. The number of hydrogen-bond acceptors (Lipinski definition) is 4. The topological polar surface area (TPSA) is 84.5 Å². The van der Waals surface area contributed by atoms with E-state index in [-0.39, 0.29) is 11.8 Å². The Balaban J connectivity index is 1.47. The zero-order chi connectivity index (χ0) is 17.6. The summed E-state index contributed by atoms with van der Waals surface area (Å²) in [6.07, 6.45) is 7.27. The Bertz CT molecular complexity index is 734. The van der Waals surface area contributed by atoms with Crippen molar-refractivity contribution in [1.82, 2.24) is 19.4 Å². The molecule has 0 aromatic carbocycles. The molecule has 0 saturated carbocycles. The Labute approximate surface area is 147 Å². The van der Waals surface area contributed by atoms with Crippen LogP contribution < -0.4 is 5.73 Å². The molecule has 0 atom stereocenters. The maximum absolute atomic E-state index is 12.5. The summed E-state index contributed by atoms with van der Waals surface area (Å²) in [5.41, 5.74) is 6.49. The van der Waals surface area contributed by atoms with Crippen molar-refractivity contribution in [3.8, 4) is 0 Å². The van der Waals surface area contributed by atoms with E-state index in [1.165, 1.54) is 0 Å². The predicted octanol–water partition coefficient (Wildman–Crippen LogP) is 0.836. The number of rotatable bonds is 6. The Kier molecular flexibility index (Phi) is 5.65. The summed E-state index contributed by atoms with van der Waals surface area (Å²) in [6.45, 7) is 3.64. The van der Waals surface area contributed by atoms with Crippen molar-refractivity contribution in [2.75, 3.05) is 32.7 Å². The number of pyridine rings is 1. The number of hydrogen-bond donors (Lipinski definition) is 1. The van der Waals surface area contributed by atoms with E-state index >= 15 is 0 Å². The lowest BCUT2D eigenvalue weighted by Gasteiger charge is -2.35. The van der Waals surface area contributed by atoms with E-state index in [0.717, 1.165) is 17.3 Å². The van der Waals surface area contributed by atoms with E-state index in [1.54, 1.807) is 6.20 Å². The zero-order valence-electron chi connectivity index (χ0n) is 14.4. The molecule has 1 fully saturated rings. The monoisotopic (exact) mass is 343 g/mol. The fraction of sp³-hybridized carbons (Fsp3) is 0.500. The van der Waals surface area contributed by atoms with Crippen LogP contribution in [0.5, 0.6) is 0 Å². The fourth-order valence-corrected chi connectivity index (χ4v) is 3.21. The maximum atomic E-state index is 12.5. The quantitative estimate of drug-likeness (QED) is 0.842. The number of amides is 2. The van der Waals surface area contributed by atoms with Crippen LogP contribution in [0.2, 0.25) is 0 Å². The van der Waals surface area contributed by atoms with E-state index in [4.69, 9.17) is 5.73 Å². The summed E-state index contributed by atoms with van der Waals surface area (Å²) in [5, 5.41) is 1.13. The summed E-state index contributed by atoms with van der Waals surface area (Å²) < 4.78 is 2.06. The minimum atomic E-state index is 0.139. The fourth-order valence-electron chi connectivity index (χ4n) is 3.21. The number of nitrogens with zero attached hydrogens (tertiary/aromatic N) is 4. The van der Waals surface area contributed by atoms with E-state index in [9.17, 15) is 9.59 Å². The number of carbonyl (C=O) groups excluding carboxylic acids is 2. The van der Waals surface area contributed by atoms with Crippen molar-refractivity contribution in [3.05, 3.63) is 30.7 Å². The van der Waals surface area contributed by atoms with Gasteiger partial charge >= 0.3 is 0 Å². The number of nitrogens with two attached hydrogens (primary N) is 1. The van der Waals surface area contributed by atoms with Gasteiger partial charge in [0.1, 0.15) is 0 Å². The number of piperazine rings is 1. The van der Waals surface area contributed by atoms with Gasteiger partial charge in [-0.2, -0.15) is 0 Å². The van der Waals surface area contributed by atoms with Crippen molar-refractivity contribution in [3.63, 3.8) is 0 Å². The summed E-state index contributed by atoms with van der Waals surface area (Å²) in [6, 6.07) is 4.00. The second-order valence-electron chi connectivity index (χ2n) is 6.35. The van der Waals surface area contributed by atoms with Gasteiger partial charge in [-0.25, -0.2) is 0 Å². The van der Waals surface area contributed by atoms with Gasteiger partial charge in [0.15, 0.2) is 0 Å². The zero-order valence-corrected chi connectivity index (χ0v) is 14.4. The van der Waals surface area contributed by atoms with Crippen LogP contribution in [0, 0.1) is 0 Å². The molecule has 0 unspecified atom stereocenters. The highest BCUT2D eigenvalue weighted by Crippen LogP contribution is 2.15. The summed E-state index contributed by atoms with van der Waals surface area (Å²) in [5.74, 6) is 0.281. The third-order valence-electron chi connectivity index (χ3n) is 4.72. The van der Waals surface area contributed by atoms with Gasteiger partial charge in [0.05, 0.1) is 11.7 Å². The van der Waals surface area contributed by atoms with Crippen LogP contribution in [0.25, 0.3) is 10.9 Å². The lowest BCUT2D eigenvalue weighted by Crippen LogP contribution is -2.50. The first-order valence-electron chi connectivity index (χ1n) is 8.83. The Morgan fingerprint density at radius 2 is 1.72 bits per heavy atom. The molecule has 2 aromatic rings. The SMILES string of the molecule is NCCCC(=O)N1CCN(C(=O)CCn2ccc3ccncc32)CC1. The van der Waals surface area contributed by atoms with Crippen LogP contribution >= 0.6 is 0 Å². The van der Waals surface area contributed by atoms with Crippen LogP contribution in [-0.4, -0.2) is 63.9 Å². The molecule has 25 heavy (non-hydrogen) atoms. The predicted molar refractivity (Wildman–Crippen MR) is 95.8 cm³/mol. The molecule has 2 amide bonds. The van der Waals surface area contributed by atoms with Crippen LogP contribution in [-0.2, 0) is 16.1 Å². The van der Waals surface area contributed by atoms with Gasteiger partial charge in [0, 0.05) is 63.3 Å². The van der Waals surface area contributed by atoms with E-state index in [1.807, 2.05) is 34.3 Å². The third kappa shape index (κ3) is 4.17. The van der Waals surface area contributed by atoms with Gasteiger partial charge in [-0.15, -0.1) is 0 Å². The minimum Gasteiger partial charge on any atom is -0.346 e. The molecule has 3 heterocycles. The number of aryl methyl sites for hydroxylation is 1. The second kappa shape index (κ2) is 8.11. The molecule has 2 N–H and O–H groups in total. The Morgan fingerprint density at radius 3 is 2.40 bits per heavy atom. The normalized spacial score (nSPS) is 14.9. The molecular formula is C18H25N5O2. The van der Waals surface area contributed by atoms with Crippen LogP contribution in [0.3, 0.4) is 0 Å². The Morgan fingerprint density at radius 1 is 1.04 bits per heavy atom. The van der Waals surface area contributed by atoms with E-state index in [2.05, 4.69) is 9.55 Å². The molecule has 0 bridgehead atoms. The number of carbonyl (C=O) groups is 2. The number of fused-ring (bicyclic) bond motifs is 1. The van der Waals surface area contributed by atoms with Crippen molar-refractivity contribution in [1.29, 1.82) is 0 Å². The Hall–Kier alpha value is -2.41. The lowest BCUT2D eigenvalue weighted by molar-refractivity contribution is -0.139. The molecule has 0 aliphatic carbocycles. The molecule has 1 aliphatic heterocycles. The lowest BCUT2D eigenvalue weighted by atomic mass is 10.2. The van der Waals surface area contributed by atoms with E-state index in [0.29, 0.717) is 52.1 Å². The molecule has 3 rings (SSSR count). The average molecular weight is 343 g/mol. The van der Waals surface area contributed by atoms with Crippen molar-refractivity contribution in [2.24, 2.45) is 5.73 Å². The van der Waals surface area contributed by atoms with Crippen molar-refractivity contribution in [2.45, 2.75) is 25.8 Å². The highest BCUT2D eigenvalue weighted by atomic mass is 16.2. The molecule has 1 aliphatic rings. The van der Waals surface area contributed by atoms with Gasteiger partial charge in [-0.1, -0.05) is 0 Å². The average Bonchev–Trinajstić information content (AvgIpc) is 3.07. The molecular weight excluding hydrogens is 318 g/mol. The third-order valence-corrected chi connectivity index (χ3v) is 4.72. The van der Waals surface area contributed by atoms with Gasteiger partial charge in [0.2, 0.25) is 11.8 Å². The van der Waals surface area contributed by atoms with Crippen molar-refractivity contribution >= 4 is 22.7 Å². The first-order valence-corrected chi connectivity index (χ1v) is 8.83. The molecule has 134 valence electrons. The first-order chi connectivity index (χ1) is 12.2. The molecule has 0 radical (unpaired) electrons. The van der Waals surface area contributed by atoms with Gasteiger partial charge in [-0.05, 0) is 25.1 Å². The number of aromatic nitrogens is 2. The second-order valence-corrected chi connectivity index (χ2v) is 6.35. The standard InChI is InChI=1S/C18H25N5O2/c19-6-1-2-17(24)22-10-12-23(13-11-22)18(25)5-9-21-8-4-15-3-7-20-14-16(15)21/h3-4,7-8,14H,1-2,5-6,9-13,19H2. The van der Waals surface area contributed by atoms with Crippen LogP contribution in [0.4, 0.5) is 0 Å². The molecule has 0 spiro atoms. The summed E-state index contributed by atoms with van der Waals surface area (Å²) in [4.78, 5) is 32.3. The highest BCUT2D eigenvalue weighted by molar-refractivity contribution is 5.80. The van der Waals surface area contributed by atoms with Crippen LogP contribution in [0.15, 0.2) is 30.7 Å². The summed E-state index contributed by atoms with van der Waals surface area (Å²) in [7, 11) is 0. The minimum absolute atomic E-state index is 0.139. The first kappa shape index (κ1) is 17.4. The van der Waals surface area contributed by atoms with Gasteiger partial charge in [0.25, 0.3) is 0 Å². The molecule has 2 aromatic heterocycles.